The topological polar surface area (TPSA) is 91.4 Å². The summed E-state index contributed by atoms with van der Waals surface area (Å²) in [6, 6.07) is 3.64. The van der Waals surface area contributed by atoms with Gasteiger partial charge < -0.3 is 24.2 Å². The highest BCUT2D eigenvalue weighted by molar-refractivity contribution is 7.89. The molecule has 9 nitrogen and oxygen atoms in total. The van der Waals surface area contributed by atoms with Gasteiger partial charge in [0, 0.05) is 52.4 Å². The number of amides is 1. The van der Waals surface area contributed by atoms with Crippen LogP contribution in [0.4, 0.5) is 0 Å². The maximum Gasteiger partial charge on any atom is 0.248 e. The molecule has 1 amide bonds. The Morgan fingerprint density at radius 3 is 2.39 bits per heavy atom. The third-order valence-corrected chi connectivity index (χ3v) is 9.32. The van der Waals surface area contributed by atoms with Crippen LogP contribution >= 0.6 is 0 Å². The number of methoxy groups -OCH3 is 1. The summed E-state index contributed by atoms with van der Waals surface area (Å²) in [5.74, 6) is 1.06. The number of hydrogen-bond acceptors (Lipinski definition) is 7. The van der Waals surface area contributed by atoms with Gasteiger partial charge in [-0.15, -0.1) is 0 Å². The largest absolute Gasteiger partial charge is 0.497 e. The standard InChI is InChI=1S/C26H44N4O5S/c1-20-16-23(34-5)17-21(2)26(20)36(32,33)27-10-15-35-19-25(31)29(4)24-9-7-6-8-22(24)18-30-13-11-28(3)12-14-30/h16-17,22,24,27H,6-15,18-19H2,1-5H3/t22?,24-/m0/s1. The third-order valence-electron chi connectivity index (χ3n) is 7.55. The number of rotatable bonds is 11. The van der Waals surface area contributed by atoms with Crippen LogP contribution in [0.5, 0.6) is 5.75 Å². The van der Waals surface area contributed by atoms with Crippen LogP contribution in [0.15, 0.2) is 17.0 Å². The molecule has 3 rings (SSSR count). The molecule has 0 spiro atoms. The normalized spacial score (nSPS) is 21.9. The molecule has 0 radical (unpaired) electrons. The Hall–Kier alpha value is -1.72. The van der Waals surface area contributed by atoms with E-state index in [-0.39, 0.29) is 36.6 Å². The number of ether oxygens (including phenoxy) is 2. The molecule has 1 saturated heterocycles. The minimum atomic E-state index is -3.69. The van der Waals surface area contributed by atoms with Crippen LogP contribution < -0.4 is 9.46 Å². The lowest BCUT2D eigenvalue weighted by Gasteiger charge is -2.42. The number of likely N-dealkylation sites (N-methyl/N-ethyl adjacent to an activating group) is 2. The molecule has 36 heavy (non-hydrogen) atoms. The number of aryl methyl sites for hydroxylation is 2. The fraction of sp³-hybridized carbons (Fsp3) is 0.731. The van der Waals surface area contributed by atoms with E-state index in [0.29, 0.717) is 22.8 Å². The number of carbonyl (C=O) groups excluding carboxylic acids is 1. The van der Waals surface area contributed by atoms with Gasteiger partial charge in [-0.2, -0.15) is 0 Å². The first-order valence-electron chi connectivity index (χ1n) is 13.0. The van der Waals surface area contributed by atoms with E-state index in [2.05, 4.69) is 21.6 Å². The molecule has 2 atom stereocenters. The molecule has 0 aromatic heterocycles. The van der Waals surface area contributed by atoms with Crippen molar-refractivity contribution in [1.82, 2.24) is 19.4 Å². The SMILES string of the molecule is COc1cc(C)c(S(=O)(=O)NCCOCC(=O)N(C)[C@H]2CCCCC2CN2CCN(C)CC2)c(C)c1. The molecule has 1 saturated carbocycles. The van der Waals surface area contributed by atoms with Crippen molar-refractivity contribution in [2.75, 3.05) is 73.7 Å². The number of carbonyl (C=O) groups is 1. The second kappa shape index (κ2) is 13.2. The van der Waals surface area contributed by atoms with Crippen molar-refractivity contribution in [3.05, 3.63) is 23.3 Å². The van der Waals surface area contributed by atoms with Gasteiger partial charge in [0.2, 0.25) is 15.9 Å². The molecule has 1 aliphatic carbocycles. The highest BCUT2D eigenvalue weighted by Crippen LogP contribution is 2.29. The number of benzene rings is 1. The summed E-state index contributed by atoms with van der Waals surface area (Å²) in [4.78, 5) is 19.9. The molecular formula is C26H44N4O5S. The number of sulfonamides is 1. The Balaban J connectivity index is 1.45. The van der Waals surface area contributed by atoms with E-state index in [1.165, 1.54) is 6.42 Å². The lowest BCUT2D eigenvalue weighted by Crippen LogP contribution is -2.51. The summed E-state index contributed by atoms with van der Waals surface area (Å²) in [5.41, 5.74) is 1.24. The Bertz CT molecular complexity index is 956. The van der Waals surface area contributed by atoms with E-state index in [9.17, 15) is 13.2 Å². The van der Waals surface area contributed by atoms with Gasteiger partial charge in [0.05, 0.1) is 18.6 Å². The van der Waals surface area contributed by atoms with Gasteiger partial charge >= 0.3 is 0 Å². The molecule has 1 heterocycles. The van der Waals surface area contributed by atoms with Crippen molar-refractivity contribution < 1.29 is 22.7 Å². The predicted molar refractivity (Wildman–Crippen MR) is 141 cm³/mol. The smallest absolute Gasteiger partial charge is 0.248 e. The Morgan fingerprint density at radius 1 is 1.11 bits per heavy atom. The van der Waals surface area contributed by atoms with Crippen LogP contribution in [0, 0.1) is 19.8 Å². The highest BCUT2D eigenvalue weighted by Gasteiger charge is 2.32. The molecule has 10 heteroatoms. The van der Waals surface area contributed by atoms with Crippen LogP contribution in [0.25, 0.3) is 0 Å². The van der Waals surface area contributed by atoms with Crippen LogP contribution in [-0.2, 0) is 19.6 Å². The van der Waals surface area contributed by atoms with Crippen molar-refractivity contribution in [2.45, 2.75) is 50.5 Å². The minimum absolute atomic E-state index is 0.0451. The van der Waals surface area contributed by atoms with Crippen molar-refractivity contribution in [2.24, 2.45) is 5.92 Å². The van der Waals surface area contributed by atoms with E-state index >= 15 is 0 Å². The van der Waals surface area contributed by atoms with Crippen molar-refractivity contribution >= 4 is 15.9 Å². The summed E-state index contributed by atoms with van der Waals surface area (Å²) in [5, 5.41) is 0. The fourth-order valence-corrected chi connectivity index (χ4v) is 6.95. The van der Waals surface area contributed by atoms with E-state index in [0.717, 1.165) is 52.0 Å². The third kappa shape index (κ3) is 7.64. The second-order valence-electron chi connectivity index (χ2n) is 10.3. The maximum atomic E-state index is 12.9. The first kappa shape index (κ1) is 28.8. The van der Waals surface area contributed by atoms with Crippen LogP contribution in [0.3, 0.4) is 0 Å². The van der Waals surface area contributed by atoms with Crippen molar-refractivity contribution in [3.63, 3.8) is 0 Å². The van der Waals surface area contributed by atoms with Crippen molar-refractivity contribution in [3.8, 4) is 5.75 Å². The lowest BCUT2D eigenvalue weighted by atomic mass is 9.83. The van der Waals surface area contributed by atoms with E-state index in [1.807, 2.05) is 11.9 Å². The first-order valence-corrected chi connectivity index (χ1v) is 14.5. The number of nitrogens with zero attached hydrogens (tertiary/aromatic N) is 3. The molecule has 2 aliphatic rings. The van der Waals surface area contributed by atoms with Gasteiger partial charge in [0.15, 0.2) is 0 Å². The van der Waals surface area contributed by atoms with E-state index in [4.69, 9.17) is 9.47 Å². The van der Waals surface area contributed by atoms with Gasteiger partial charge in [0.1, 0.15) is 12.4 Å². The number of hydrogen-bond donors (Lipinski definition) is 1. The van der Waals surface area contributed by atoms with Crippen LogP contribution in [0.2, 0.25) is 0 Å². The molecule has 1 unspecified atom stereocenters. The predicted octanol–water partition coefficient (Wildman–Crippen LogP) is 1.87. The number of piperazine rings is 1. The van der Waals surface area contributed by atoms with Crippen molar-refractivity contribution in [1.29, 1.82) is 0 Å². The molecular weight excluding hydrogens is 480 g/mol. The molecule has 2 fully saturated rings. The Kier molecular flexibility index (Phi) is 10.6. The molecule has 1 aliphatic heterocycles. The zero-order chi connectivity index (χ0) is 26.3. The lowest BCUT2D eigenvalue weighted by molar-refractivity contribution is -0.138. The molecule has 204 valence electrons. The average Bonchev–Trinajstić information content (AvgIpc) is 2.84. The average molecular weight is 525 g/mol. The zero-order valence-electron chi connectivity index (χ0n) is 22.6. The second-order valence-corrected chi connectivity index (χ2v) is 12.0. The molecule has 1 N–H and O–H groups in total. The summed E-state index contributed by atoms with van der Waals surface area (Å²) in [7, 11) is 1.91. The number of nitrogens with one attached hydrogen (secondary N) is 1. The Morgan fingerprint density at radius 2 is 1.75 bits per heavy atom. The summed E-state index contributed by atoms with van der Waals surface area (Å²) >= 11 is 0. The molecule has 1 aromatic carbocycles. The summed E-state index contributed by atoms with van der Waals surface area (Å²) in [6.45, 7) is 9.09. The molecule has 1 aromatic rings. The summed E-state index contributed by atoms with van der Waals surface area (Å²) in [6.07, 6.45) is 4.55. The monoisotopic (exact) mass is 524 g/mol. The van der Waals surface area contributed by atoms with Gasteiger partial charge in [0.25, 0.3) is 0 Å². The van der Waals surface area contributed by atoms with E-state index in [1.54, 1.807) is 33.1 Å². The van der Waals surface area contributed by atoms with Gasteiger partial charge in [-0.05, 0) is 62.9 Å². The summed E-state index contributed by atoms with van der Waals surface area (Å²) < 4.78 is 39.0. The van der Waals surface area contributed by atoms with Crippen LogP contribution in [-0.4, -0.2) is 109 Å². The highest BCUT2D eigenvalue weighted by atomic mass is 32.2. The van der Waals surface area contributed by atoms with Gasteiger partial charge in [-0.1, -0.05) is 12.8 Å². The van der Waals surface area contributed by atoms with E-state index < -0.39 is 10.0 Å². The Labute approximate surface area is 217 Å². The first-order chi connectivity index (χ1) is 17.1. The van der Waals surface area contributed by atoms with Gasteiger partial charge in [-0.25, -0.2) is 13.1 Å². The van der Waals surface area contributed by atoms with Crippen LogP contribution in [0.1, 0.15) is 36.8 Å². The maximum absolute atomic E-state index is 12.9. The molecule has 0 bridgehead atoms. The zero-order valence-corrected chi connectivity index (χ0v) is 23.4. The minimum Gasteiger partial charge on any atom is -0.497 e. The quantitative estimate of drug-likeness (QED) is 0.442. The van der Waals surface area contributed by atoms with Gasteiger partial charge in [-0.3, -0.25) is 4.79 Å². The fourth-order valence-electron chi connectivity index (χ4n) is 5.49.